The number of fused-ring (bicyclic) bond motifs is 1. The lowest BCUT2D eigenvalue weighted by Crippen LogP contribution is -2.30. The molecule has 5 nitrogen and oxygen atoms in total. The van der Waals surface area contributed by atoms with E-state index in [4.69, 9.17) is 0 Å². The Hall–Kier alpha value is -3.08. The van der Waals surface area contributed by atoms with Crippen molar-refractivity contribution in [2.75, 3.05) is 5.32 Å². The summed E-state index contributed by atoms with van der Waals surface area (Å²) in [6.07, 6.45) is 1.73. The zero-order valence-corrected chi connectivity index (χ0v) is 15.9. The van der Waals surface area contributed by atoms with Gasteiger partial charge in [-0.05, 0) is 49.6 Å². The van der Waals surface area contributed by atoms with Gasteiger partial charge in [-0.2, -0.15) is 0 Å². The SMILES string of the molecule is CCCCn1c(=O)c(C(=O)Nc2cc(C)ccc2C)c(O)c2ccccc21. The van der Waals surface area contributed by atoms with E-state index >= 15 is 0 Å². The van der Waals surface area contributed by atoms with E-state index in [2.05, 4.69) is 5.32 Å². The van der Waals surface area contributed by atoms with Crippen molar-refractivity contribution in [2.45, 2.75) is 40.2 Å². The second-order valence-corrected chi connectivity index (χ2v) is 6.82. The maximum absolute atomic E-state index is 13.0. The summed E-state index contributed by atoms with van der Waals surface area (Å²) in [6, 6.07) is 12.8. The average molecular weight is 364 g/mol. The number of hydrogen-bond acceptors (Lipinski definition) is 3. The van der Waals surface area contributed by atoms with Gasteiger partial charge in [0.15, 0.2) is 0 Å². The van der Waals surface area contributed by atoms with E-state index in [1.165, 1.54) is 0 Å². The number of amides is 1. The highest BCUT2D eigenvalue weighted by atomic mass is 16.3. The third-order valence-electron chi connectivity index (χ3n) is 4.75. The normalized spacial score (nSPS) is 10.9. The third-order valence-corrected chi connectivity index (χ3v) is 4.75. The van der Waals surface area contributed by atoms with Crippen molar-refractivity contribution in [3.63, 3.8) is 0 Å². The predicted molar refractivity (Wildman–Crippen MR) is 109 cm³/mol. The standard InChI is InChI=1S/C22H24N2O3/c1-4-5-12-24-18-9-7-6-8-16(18)20(25)19(22(24)27)21(26)23-17-13-14(2)10-11-15(17)3/h6-11,13,25H,4-5,12H2,1-3H3,(H,23,26). The largest absolute Gasteiger partial charge is 0.506 e. The van der Waals surface area contributed by atoms with E-state index in [0.717, 1.165) is 24.0 Å². The van der Waals surface area contributed by atoms with Crippen molar-refractivity contribution < 1.29 is 9.90 Å². The fraction of sp³-hybridized carbons (Fsp3) is 0.273. The van der Waals surface area contributed by atoms with Crippen LogP contribution in [0.3, 0.4) is 0 Å². The van der Waals surface area contributed by atoms with Crippen LogP contribution in [0.5, 0.6) is 5.75 Å². The Morgan fingerprint density at radius 2 is 1.89 bits per heavy atom. The molecule has 0 bridgehead atoms. The number of aromatic hydroxyl groups is 1. The summed E-state index contributed by atoms with van der Waals surface area (Å²) in [5.41, 5.74) is 2.47. The molecular weight excluding hydrogens is 340 g/mol. The Morgan fingerprint density at radius 3 is 2.63 bits per heavy atom. The quantitative estimate of drug-likeness (QED) is 0.706. The molecule has 0 spiro atoms. The molecule has 27 heavy (non-hydrogen) atoms. The maximum atomic E-state index is 13.0. The molecule has 0 aliphatic heterocycles. The van der Waals surface area contributed by atoms with Gasteiger partial charge in [0.25, 0.3) is 11.5 Å². The van der Waals surface area contributed by atoms with Gasteiger partial charge in [-0.1, -0.05) is 37.6 Å². The number of pyridine rings is 1. The second kappa shape index (κ2) is 7.66. The molecule has 0 aliphatic carbocycles. The van der Waals surface area contributed by atoms with Crippen molar-refractivity contribution in [3.05, 3.63) is 69.5 Å². The van der Waals surface area contributed by atoms with E-state index in [-0.39, 0.29) is 11.3 Å². The first-order valence-corrected chi connectivity index (χ1v) is 9.17. The monoisotopic (exact) mass is 364 g/mol. The Balaban J connectivity index is 2.14. The molecule has 5 heteroatoms. The molecule has 140 valence electrons. The number of nitrogens with one attached hydrogen (secondary N) is 1. The van der Waals surface area contributed by atoms with Gasteiger partial charge in [0.2, 0.25) is 0 Å². The Labute approximate surface area is 158 Å². The van der Waals surface area contributed by atoms with Crippen LogP contribution >= 0.6 is 0 Å². The predicted octanol–water partition coefficient (Wildman–Crippen LogP) is 4.38. The van der Waals surface area contributed by atoms with Crippen LogP contribution in [0, 0.1) is 13.8 Å². The van der Waals surface area contributed by atoms with Crippen molar-refractivity contribution in [2.24, 2.45) is 0 Å². The van der Waals surface area contributed by atoms with E-state index in [1.807, 2.05) is 45.0 Å². The van der Waals surface area contributed by atoms with Gasteiger partial charge >= 0.3 is 0 Å². The lowest BCUT2D eigenvalue weighted by molar-refractivity contribution is 0.102. The van der Waals surface area contributed by atoms with E-state index in [1.54, 1.807) is 22.8 Å². The first-order valence-electron chi connectivity index (χ1n) is 9.17. The Bertz CT molecular complexity index is 1070. The first-order chi connectivity index (χ1) is 12.9. The number of anilines is 1. The lowest BCUT2D eigenvalue weighted by Gasteiger charge is -2.15. The molecule has 1 heterocycles. The number of carbonyl (C=O) groups is 1. The van der Waals surface area contributed by atoms with Gasteiger partial charge in [0.1, 0.15) is 11.3 Å². The van der Waals surface area contributed by atoms with Crippen LogP contribution in [0.25, 0.3) is 10.9 Å². The lowest BCUT2D eigenvalue weighted by atomic mass is 10.1. The molecule has 0 saturated heterocycles. The van der Waals surface area contributed by atoms with E-state index < -0.39 is 11.5 Å². The van der Waals surface area contributed by atoms with Gasteiger partial charge in [-0.25, -0.2) is 0 Å². The number of para-hydroxylation sites is 1. The number of benzene rings is 2. The van der Waals surface area contributed by atoms with Crippen LogP contribution in [-0.4, -0.2) is 15.6 Å². The molecule has 3 aromatic rings. The van der Waals surface area contributed by atoms with E-state index in [0.29, 0.717) is 23.1 Å². The second-order valence-electron chi connectivity index (χ2n) is 6.82. The molecule has 2 N–H and O–H groups in total. The minimum atomic E-state index is -0.595. The minimum absolute atomic E-state index is 0.217. The third kappa shape index (κ3) is 3.58. The van der Waals surface area contributed by atoms with Crippen LogP contribution in [0.4, 0.5) is 5.69 Å². The summed E-state index contributed by atoms with van der Waals surface area (Å²) >= 11 is 0. The molecule has 2 aromatic carbocycles. The van der Waals surface area contributed by atoms with Crippen LogP contribution in [-0.2, 0) is 6.54 Å². The fourth-order valence-electron chi connectivity index (χ4n) is 3.19. The Morgan fingerprint density at radius 1 is 1.15 bits per heavy atom. The van der Waals surface area contributed by atoms with Crippen LogP contribution in [0.1, 0.15) is 41.3 Å². The number of aryl methyl sites for hydroxylation is 3. The maximum Gasteiger partial charge on any atom is 0.267 e. The number of rotatable bonds is 5. The molecule has 0 fully saturated rings. The van der Waals surface area contributed by atoms with Gasteiger partial charge in [-0.15, -0.1) is 0 Å². The van der Waals surface area contributed by atoms with Crippen LogP contribution in [0.2, 0.25) is 0 Å². The Kier molecular flexibility index (Phi) is 5.31. The highest BCUT2D eigenvalue weighted by Crippen LogP contribution is 2.27. The molecule has 0 unspecified atom stereocenters. The van der Waals surface area contributed by atoms with Crippen LogP contribution < -0.4 is 10.9 Å². The zero-order chi connectivity index (χ0) is 19.6. The van der Waals surface area contributed by atoms with Gasteiger partial charge in [0, 0.05) is 17.6 Å². The molecule has 0 saturated carbocycles. The summed E-state index contributed by atoms with van der Waals surface area (Å²) < 4.78 is 1.58. The van der Waals surface area contributed by atoms with Crippen molar-refractivity contribution in [3.8, 4) is 5.75 Å². The topological polar surface area (TPSA) is 71.3 Å². The molecule has 1 aromatic heterocycles. The van der Waals surface area contributed by atoms with Crippen molar-refractivity contribution >= 4 is 22.5 Å². The zero-order valence-electron chi connectivity index (χ0n) is 15.9. The molecular formula is C22H24N2O3. The summed E-state index contributed by atoms with van der Waals surface area (Å²) in [6.45, 7) is 6.36. The molecule has 0 atom stereocenters. The molecule has 0 radical (unpaired) electrons. The minimum Gasteiger partial charge on any atom is -0.506 e. The molecule has 3 rings (SSSR count). The highest BCUT2D eigenvalue weighted by molar-refractivity contribution is 6.09. The van der Waals surface area contributed by atoms with Gasteiger partial charge < -0.3 is 15.0 Å². The average Bonchev–Trinajstić information content (AvgIpc) is 2.65. The van der Waals surface area contributed by atoms with Gasteiger partial charge in [0.05, 0.1) is 5.52 Å². The first kappa shape index (κ1) is 18.7. The van der Waals surface area contributed by atoms with E-state index in [9.17, 15) is 14.7 Å². The number of nitrogens with zero attached hydrogens (tertiary/aromatic N) is 1. The number of aromatic nitrogens is 1. The number of carbonyl (C=O) groups excluding carboxylic acids is 1. The van der Waals surface area contributed by atoms with Crippen molar-refractivity contribution in [1.82, 2.24) is 4.57 Å². The summed E-state index contributed by atoms with van der Waals surface area (Å²) in [5.74, 6) is -0.867. The smallest absolute Gasteiger partial charge is 0.267 e. The molecule has 1 amide bonds. The summed E-state index contributed by atoms with van der Waals surface area (Å²) in [5, 5.41) is 14.0. The summed E-state index contributed by atoms with van der Waals surface area (Å²) in [7, 11) is 0. The van der Waals surface area contributed by atoms with Crippen molar-refractivity contribution in [1.29, 1.82) is 0 Å². The van der Waals surface area contributed by atoms with Crippen LogP contribution in [0.15, 0.2) is 47.3 Å². The highest BCUT2D eigenvalue weighted by Gasteiger charge is 2.22. The van der Waals surface area contributed by atoms with Gasteiger partial charge in [-0.3, -0.25) is 9.59 Å². The molecule has 0 aliphatic rings. The summed E-state index contributed by atoms with van der Waals surface area (Å²) in [4.78, 5) is 25.9. The fourth-order valence-corrected chi connectivity index (χ4v) is 3.19. The number of unbranched alkanes of at least 4 members (excludes halogenated alkanes) is 1. The number of hydrogen-bond donors (Lipinski definition) is 2.